The lowest BCUT2D eigenvalue weighted by Gasteiger charge is -2.27. The lowest BCUT2D eigenvalue weighted by Crippen LogP contribution is -2.39. The van der Waals surface area contributed by atoms with Gasteiger partial charge in [0, 0.05) is 35.2 Å². The van der Waals surface area contributed by atoms with Gasteiger partial charge in [-0.1, -0.05) is 28.1 Å². The number of carbonyl (C=O) groups is 2. The van der Waals surface area contributed by atoms with E-state index in [-0.39, 0.29) is 6.04 Å². The Morgan fingerprint density at radius 3 is 2.29 bits per heavy atom. The summed E-state index contributed by atoms with van der Waals surface area (Å²) in [6.45, 7) is 12.7. The van der Waals surface area contributed by atoms with Crippen LogP contribution >= 0.6 is 27.3 Å². The van der Waals surface area contributed by atoms with E-state index in [0.717, 1.165) is 16.5 Å². The van der Waals surface area contributed by atoms with E-state index in [1.807, 2.05) is 59.1 Å². The maximum Gasteiger partial charge on any atom is 0.416 e. The molecule has 0 aliphatic heterocycles. The topological polar surface area (TPSA) is 92.8 Å². The number of ether oxygens (including phenoxy) is 2. The zero-order valence-electron chi connectivity index (χ0n) is 21.4. The van der Waals surface area contributed by atoms with E-state index in [0.29, 0.717) is 31.2 Å². The van der Waals surface area contributed by atoms with Gasteiger partial charge in [-0.3, -0.25) is 4.90 Å². The van der Waals surface area contributed by atoms with Crippen molar-refractivity contribution in [2.75, 3.05) is 24.5 Å². The summed E-state index contributed by atoms with van der Waals surface area (Å²) >= 11 is 4.89. The number of aromatic nitrogens is 1. The van der Waals surface area contributed by atoms with E-state index < -0.39 is 23.4 Å². The van der Waals surface area contributed by atoms with E-state index in [9.17, 15) is 9.59 Å². The van der Waals surface area contributed by atoms with Crippen molar-refractivity contribution < 1.29 is 19.1 Å². The first-order chi connectivity index (χ1) is 16.3. The van der Waals surface area contributed by atoms with Gasteiger partial charge < -0.3 is 20.1 Å². The first-order valence-electron chi connectivity index (χ1n) is 11.7. The molecule has 1 aromatic heterocycles. The number of benzene rings is 1. The Hall–Kier alpha value is -2.17. The van der Waals surface area contributed by atoms with Crippen LogP contribution in [0.2, 0.25) is 0 Å². The first-order valence-corrected chi connectivity index (χ1v) is 13.4. The van der Waals surface area contributed by atoms with Gasteiger partial charge in [0.05, 0.1) is 0 Å². The van der Waals surface area contributed by atoms with Crippen LogP contribution in [-0.4, -0.2) is 48.0 Å². The van der Waals surface area contributed by atoms with Gasteiger partial charge in [-0.25, -0.2) is 14.6 Å². The molecule has 0 aliphatic carbocycles. The molecule has 1 heterocycles. The molecule has 2 amide bonds. The third kappa shape index (κ3) is 11.4. The summed E-state index contributed by atoms with van der Waals surface area (Å²) in [5.41, 5.74) is -0.0135. The highest BCUT2D eigenvalue weighted by molar-refractivity contribution is 9.10. The average Bonchev–Trinajstić information content (AvgIpc) is 3.25. The number of halogens is 1. The summed E-state index contributed by atoms with van der Waals surface area (Å²) in [6.07, 6.45) is 2.23. The molecule has 2 aromatic rings. The molecule has 0 saturated carbocycles. The van der Waals surface area contributed by atoms with Crippen molar-refractivity contribution in [1.82, 2.24) is 15.6 Å². The van der Waals surface area contributed by atoms with Gasteiger partial charge in [-0.2, -0.15) is 0 Å². The molecule has 10 heteroatoms. The molecule has 35 heavy (non-hydrogen) atoms. The Bertz CT molecular complexity index is 924. The van der Waals surface area contributed by atoms with Crippen LogP contribution in [0.3, 0.4) is 0 Å². The molecule has 0 aliphatic rings. The molecule has 8 nitrogen and oxygen atoms in total. The monoisotopic (exact) mass is 568 g/mol. The Balaban J connectivity index is 2.01. The molecular formula is C25H37BrN4O4S. The highest BCUT2D eigenvalue weighted by atomic mass is 79.9. The Labute approximate surface area is 220 Å². The molecule has 0 fully saturated rings. The zero-order chi connectivity index (χ0) is 26.1. The van der Waals surface area contributed by atoms with Gasteiger partial charge in [0.1, 0.15) is 11.2 Å². The molecule has 0 bridgehead atoms. The molecule has 2 N–H and O–H groups in total. The number of thiazole rings is 1. The number of nitrogens with one attached hydrogen (secondary N) is 2. The summed E-state index contributed by atoms with van der Waals surface area (Å²) in [5.74, 6) is 0. The predicted octanol–water partition coefficient (Wildman–Crippen LogP) is 6.28. The van der Waals surface area contributed by atoms with Crippen molar-refractivity contribution in [3.63, 3.8) is 0 Å². The summed E-state index contributed by atoms with van der Waals surface area (Å²) < 4.78 is 11.9. The Kier molecular flexibility index (Phi) is 11.0. The molecular weight excluding hydrogens is 532 g/mol. The second kappa shape index (κ2) is 13.2. The second-order valence-corrected chi connectivity index (χ2v) is 11.9. The van der Waals surface area contributed by atoms with Crippen LogP contribution in [0, 0.1) is 0 Å². The van der Waals surface area contributed by atoms with Crippen molar-refractivity contribution in [1.29, 1.82) is 0 Å². The summed E-state index contributed by atoms with van der Waals surface area (Å²) in [4.78, 5) is 30.7. The van der Waals surface area contributed by atoms with Gasteiger partial charge in [-0.15, -0.1) is 11.3 Å². The van der Waals surface area contributed by atoms with Crippen LogP contribution < -0.4 is 15.5 Å². The van der Waals surface area contributed by atoms with E-state index in [2.05, 4.69) is 43.7 Å². The van der Waals surface area contributed by atoms with Gasteiger partial charge >= 0.3 is 12.2 Å². The number of anilines is 1. The molecule has 0 saturated heterocycles. The molecule has 1 atom stereocenters. The third-order valence-electron chi connectivity index (χ3n) is 4.59. The fourth-order valence-corrected chi connectivity index (χ4v) is 4.06. The summed E-state index contributed by atoms with van der Waals surface area (Å²) in [5, 5.41) is 8.79. The van der Waals surface area contributed by atoms with E-state index in [4.69, 9.17) is 9.47 Å². The molecule has 2 rings (SSSR count). The standard InChI is InChI=1S/C25H37BrN4O4S/c1-24(2,3)33-22(31)29-14-7-13-27-20(18-8-10-19(26)11-9-18)12-16-30(21-28-15-17-35-21)23(32)34-25(4,5)6/h8-11,15,17,20,27H,7,12-14,16H2,1-6H3,(H,29,31)/t20-/m0/s1. The van der Waals surface area contributed by atoms with Crippen molar-refractivity contribution in [2.45, 2.75) is 71.6 Å². The third-order valence-corrected chi connectivity index (χ3v) is 5.91. The molecule has 0 spiro atoms. The number of hydrogen-bond donors (Lipinski definition) is 2. The van der Waals surface area contributed by atoms with Crippen molar-refractivity contribution in [2.24, 2.45) is 0 Å². The van der Waals surface area contributed by atoms with Crippen molar-refractivity contribution >= 4 is 44.6 Å². The van der Waals surface area contributed by atoms with Crippen LogP contribution in [-0.2, 0) is 9.47 Å². The number of amides is 2. The molecule has 0 radical (unpaired) electrons. The van der Waals surface area contributed by atoms with Gasteiger partial charge in [0.2, 0.25) is 0 Å². The molecule has 0 unspecified atom stereocenters. The quantitative estimate of drug-likeness (QED) is 0.327. The lowest BCUT2D eigenvalue weighted by atomic mass is 10.0. The fraction of sp³-hybridized carbons (Fsp3) is 0.560. The van der Waals surface area contributed by atoms with Gasteiger partial charge in [0.15, 0.2) is 5.13 Å². The van der Waals surface area contributed by atoms with Crippen molar-refractivity contribution in [3.05, 3.63) is 45.9 Å². The minimum Gasteiger partial charge on any atom is -0.444 e. The minimum absolute atomic E-state index is 0.00507. The fourth-order valence-electron chi connectivity index (χ4n) is 3.14. The van der Waals surface area contributed by atoms with Crippen LogP contribution in [0.4, 0.5) is 14.7 Å². The number of carbonyl (C=O) groups excluding carboxylic acids is 2. The number of nitrogens with zero attached hydrogens (tertiary/aromatic N) is 2. The maximum absolute atomic E-state index is 12.9. The van der Waals surface area contributed by atoms with Crippen molar-refractivity contribution in [3.8, 4) is 0 Å². The Morgan fingerprint density at radius 2 is 1.71 bits per heavy atom. The van der Waals surface area contributed by atoms with Crippen LogP contribution in [0.1, 0.15) is 66.0 Å². The van der Waals surface area contributed by atoms with Gasteiger partial charge in [-0.05, 0) is 78.6 Å². The predicted molar refractivity (Wildman–Crippen MR) is 144 cm³/mol. The highest BCUT2D eigenvalue weighted by Crippen LogP contribution is 2.25. The zero-order valence-corrected chi connectivity index (χ0v) is 23.8. The lowest BCUT2D eigenvalue weighted by molar-refractivity contribution is 0.0525. The Morgan fingerprint density at radius 1 is 1.06 bits per heavy atom. The number of rotatable bonds is 10. The molecule has 1 aromatic carbocycles. The molecule has 194 valence electrons. The minimum atomic E-state index is -0.600. The average molecular weight is 570 g/mol. The largest absolute Gasteiger partial charge is 0.444 e. The smallest absolute Gasteiger partial charge is 0.416 e. The van der Waals surface area contributed by atoms with E-state index >= 15 is 0 Å². The normalized spacial score (nSPS) is 12.7. The number of hydrogen-bond acceptors (Lipinski definition) is 7. The van der Waals surface area contributed by atoms with Crippen LogP contribution in [0.25, 0.3) is 0 Å². The summed E-state index contributed by atoms with van der Waals surface area (Å²) in [6, 6.07) is 8.11. The summed E-state index contributed by atoms with van der Waals surface area (Å²) in [7, 11) is 0. The van der Waals surface area contributed by atoms with Crippen LogP contribution in [0.15, 0.2) is 40.3 Å². The van der Waals surface area contributed by atoms with E-state index in [1.54, 1.807) is 11.1 Å². The number of alkyl carbamates (subject to hydrolysis) is 1. The van der Waals surface area contributed by atoms with E-state index in [1.165, 1.54) is 11.3 Å². The first kappa shape index (κ1) is 29.1. The maximum atomic E-state index is 12.9. The SMILES string of the molecule is CC(C)(C)OC(=O)NCCCN[C@@H](CCN(C(=O)OC(C)(C)C)c1nccs1)c1ccc(Br)cc1. The highest BCUT2D eigenvalue weighted by Gasteiger charge is 2.26. The van der Waals surface area contributed by atoms with Gasteiger partial charge in [0.25, 0.3) is 0 Å². The van der Waals surface area contributed by atoms with Crippen LogP contribution in [0.5, 0.6) is 0 Å². The second-order valence-electron chi connectivity index (χ2n) is 10.1.